The normalized spacial score (nSPS) is 13.4. The highest BCUT2D eigenvalue weighted by Crippen LogP contribution is 2.27. The number of hydrogen-bond acceptors (Lipinski definition) is 4. The second-order valence-corrected chi connectivity index (χ2v) is 7.33. The van der Waals surface area contributed by atoms with Crippen molar-refractivity contribution in [3.63, 3.8) is 0 Å². The smallest absolute Gasteiger partial charge is 0.238 e. The van der Waals surface area contributed by atoms with Gasteiger partial charge in [-0.05, 0) is 49.9 Å². The zero-order valence-electron chi connectivity index (χ0n) is 16.4. The number of para-hydroxylation sites is 3. The third-order valence-electron chi connectivity index (χ3n) is 4.96. The SMILES string of the molecule is Cc1cccc(C)c1NC(=O)CN(CCC(=O)Nc1ccccc1O)C1CC1. The van der Waals surface area contributed by atoms with Gasteiger partial charge in [0.05, 0.1) is 12.2 Å². The van der Waals surface area contributed by atoms with Crippen LogP contribution in [0, 0.1) is 13.8 Å². The molecule has 6 heteroatoms. The maximum atomic E-state index is 12.6. The summed E-state index contributed by atoms with van der Waals surface area (Å²) in [5.74, 6) is -0.199. The van der Waals surface area contributed by atoms with Crippen LogP contribution in [-0.2, 0) is 9.59 Å². The second kappa shape index (κ2) is 8.89. The molecule has 0 radical (unpaired) electrons. The van der Waals surface area contributed by atoms with Gasteiger partial charge in [0.25, 0.3) is 0 Å². The van der Waals surface area contributed by atoms with E-state index in [0.29, 0.717) is 18.3 Å². The maximum Gasteiger partial charge on any atom is 0.238 e. The Hall–Kier alpha value is -2.86. The fourth-order valence-corrected chi connectivity index (χ4v) is 3.24. The molecule has 2 aromatic carbocycles. The lowest BCUT2D eigenvalue weighted by Crippen LogP contribution is -2.37. The minimum absolute atomic E-state index is 0.0443. The number of anilines is 2. The molecule has 0 aliphatic heterocycles. The first-order valence-electron chi connectivity index (χ1n) is 9.62. The molecule has 1 aliphatic rings. The number of rotatable bonds is 8. The Labute approximate surface area is 165 Å². The number of aryl methyl sites for hydroxylation is 2. The molecule has 0 saturated heterocycles. The van der Waals surface area contributed by atoms with Crippen LogP contribution in [0.25, 0.3) is 0 Å². The van der Waals surface area contributed by atoms with Gasteiger partial charge in [-0.25, -0.2) is 0 Å². The Morgan fingerprint density at radius 1 is 1.00 bits per heavy atom. The molecule has 3 N–H and O–H groups in total. The fraction of sp³-hybridized carbons (Fsp3) is 0.364. The number of phenols is 1. The first-order valence-corrected chi connectivity index (χ1v) is 9.62. The van der Waals surface area contributed by atoms with Crippen molar-refractivity contribution in [3.8, 4) is 5.75 Å². The first-order chi connectivity index (χ1) is 13.4. The molecular weight excluding hydrogens is 354 g/mol. The van der Waals surface area contributed by atoms with E-state index in [1.165, 1.54) is 6.07 Å². The standard InChI is InChI=1S/C22H27N3O3/c1-15-6-5-7-16(2)22(15)24-21(28)14-25(17-10-11-17)13-12-20(27)23-18-8-3-4-9-19(18)26/h3-9,17,26H,10-14H2,1-2H3,(H,23,27)(H,24,28). The van der Waals surface area contributed by atoms with Crippen LogP contribution in [0.2, 0.25) is 0 Å². The van der Waals surface area contributed by atoms with Gasteiger partial charge in [-0.15, -0.1) is 0 Å². The van der Waals surface area contributed by atoms with Crippen molar-refractivity contribution in [3.05, 3.63) is 53.6 Å². The van der Waals surface area contributed by atoms with E-state index in [2.05, 4.69) is 15.5 Å². The summed E-state index contributed by atoms with van der Waals surface area (Å²) in [5.41, 5.74) is 3.33. The number of aromatic hydroxyl groups is 1. The van der Waals surface area contributed by atoms with E-state index in [1.807, 2.05) is 32.0 Å². The summed E-state index contributed by atoms with van der Waals surface area (Å²) in [4.78, 5) is 26.8. The Kier molecular flexibility index (Phi) is 6.31. The van der Waals surface area contributed by atoms with Crippen molar-refractivity contribution in [2.75, 3.05) is 23.7 Å². The van der Waals surface area contributed by atoms with Gasteiger partial charge in [-0.2, -0.15) is 0 Å². The summed E-state index contributed by atoms with van der Waals surface area (Å²) in [7, 11) is 0. The van der Waals surface area contributed by atoms with E-state index >= 15 is 0 Å². The summed E-state index contributed by atoms with van der Waals surface area (Å²) in [5, 5.41) is 15.5. The van der Waals surface area contributed by atoms with E-state index in [1.54, 1.807) is 18.2 Å². The van der Waals surface area contributed by atoms with Crippen LogP contribution < -0.4 is 10.6 Å². The van der Waals surface area contributed by atoms with Crippen molar-refractivity contribution >= 4 is 23.2 Å². The third-order valence-corrected chi connectivity index (χ3v) is 4.96. The molecule has 0 heterocycles. The van der Waals surface area contributed by atoms with Gasteiger partial charge in [0.1, 0.15) is 5.75 Å². The van der Waals surface area contributed by atoms with Crippen LogP contribution in [0.1, 0.15) is 30.4 Å². The number of carbonyl (C=O) groups is 2. The Morgan fingerprint density at radius 2 is 1.68 bits per heavy atom. The monoisotopic (exact) mass is 381 g/mol. The molecule has 28 heavy (non-hydrogen) atoms. The van der Waals surface area contributed by atoms with Gasteiger partial charge < -0.3 is 15.7 Å². The molecular formula is C22H27N3O3. The van der Waals surface area contributed by atoms with Crippen molar-refractivity contribution in [1.82, 2.24) is 4.90 Å². The van der Waals surface area contributed by atoms with E-state index in [4.69, 9.17) is 0 Å². The van der Waals surface area contributed by atoms with E-state index in [0.717, 1.165) is 29.7 Å². The molecule has 1 saturated carbocycles. The van der Waals surface area contributed by atoms with Gasteiger partial charge in [-0.3, -0.25) is 14.5 Å². The van der Waals surface area contributed by atoms with Crippen molar-refractivity contribution < 1.29 is 14.7 Å². The van der Waals surface area contributed by atoms with Gasteiger partial charge in [0.15, 0.2) is 0 Å². The number of hydrogen-bond donors (Lipinski definition) is 3. The highest BCUT2D eigenvalue weighted by Gasteiger charge is 2.30. The summed E-state index contributed by atoms with van der Waals surface area (Å²) in [6.45, 7) is 4.72. The lowest BCUT2D eigenvalue weighted by Gasteiger charge is -2.22. The van der Waals surface area contributed by atoms with Crippen LogP contribution in [-0.4, -0.2) is 41.0 Å². The molecule has 0 unspecified atom stereocenters. The quantitative estimate of drug-likeness (QED) is 0.612. The zero-order chi connectivity index (χ0) is 20.1. The number of nitrogens with one attached hydrogen (secondary N) is 2. The van der Waals surface area contributed by atoms with Crippen molar-refractivity contribution in [2.45, 2.75) is 39.2 Å². The Balaban J connectivity index is 1.53. The van der Waals surface area contributed by atoms with E-state index in [9.17, 15) is 14.7 Å². The largest absolute Gasteiger partial charge is 0.506 e. The van der Waals surface area contributed by atoms with Crippen LogP contribution in [0.3, 0.4) is 0 Å². The van der Waals surface area contributed by atoms with Gasteiger partial charge >= 0.3 is 0 Å². The molecule has 0 bridgehead atoms. The predicted molar refractivity (Wildman–Crippen MR) is 110 cm³/mol. The van der Waals surface area contributed by atoms with E-state index < -0.39 is 0 Å². The number of phenolic OH excluding ortho intramolecular Hbond substituents is 1. The summed E-state index contributed by atoms with van der Waals surface area (Å²) < 4.78 is 0. The third kappa shape index (κ3) is 5.33. The number of amides is 2. The minimum Gasteiger partial charge on any atom is -0.506 e. The molecule has 3 rings (SSSR count). The number of benzene rings is 2. The van der Waals surface area contributed by atoms with Gasteiger partial charge in [-0.1, -0.05) is 30.3 Å². The topological polar surface area (TPSA) is 81.7 Å². The zero-order valence-corrected chi connectivity index (χ0v) is 16.4. The van der Waals surface area contributed by atoms with Crippen LogP contribution in [0.15, 0.2) is 42.5 Å². The van der Waals surface area contributed by atoms with Crippen LogP contribution in [0.5, 0.6) is 5.75 Å². The molecule has 6 nitrogen and oxygen atoms in total. The fourth-order valence-electron chi connectivity index (χ4n) is 3.24. The van der Waals surface area contributed by atoms with Gasteiger partial charge in [0, 0.05) is 24.7 Å². The Bertz CT molecular complexity index is 842. The average molecular weight is 381 g/mol. The number of nitrogens with zero attached hydrogens (tertiary/aromatic N) is 1. The molecule has 2 aromatic rings. The maximum absolute atomic E-state index is 12.6. The molecule has 0 aromatic heterocycles. The molecule has 0 atom stereocenters. The minimum atomic E-state index is -0.178. The Morgan fingerprint density at radius 3 is 2.32 bits per heavy atom. The summed E-state index contributed by atoms with van der Waals surface area (Å²) >= 11 is 0. The molecule has 0 spiro atoms. The van der Waals surface area contributed by atoms with Crippen LogP contribution in [0.4, 0.5) is 11.4 Å². The molecule has 2 amide bonds. The first kappa shape index (κ1) is 19.9. The molecule has 1 fully saturated rings. The highest BCUT2D eigenvalue weighted by molar-refractivity contribution is 5.94. The lowest BCUT2D eigenvalue weighted by molar-refractivity contribution is -0.119. The number of carbonyl (C=O) groups excluding carboxylic acids is 2. The molecule has 148 valence electrons. The van der Waals surface area contributed by atoms with E-state index in [-0.39, 0.29) is 30.5 Å². The highest BCUT2D eigenvalue weighted by atomic mass is 16.3. The molecule has 1 aliphatic carbocycles. The van der Waals surface area contributed by atoms with Crippen molar-refractivity contribution in [2.24, 2.45) is 0 Å². The van der Waals surface area contributed by atoms with Gasteiger partial charge in [0.2, 0.25) is 11.8 Å². The second-order valence-electron chi connectivity index (χ2n) is 7.33. The lowest BCUT2D eigenvalue weighted by atomic mass is 10.1. The predicted octanol–water partition coefficient (Wildman–Crippen LogP) is 3.44. The van der Waals surface area contributed by atoms with Crippen molar-refractivity contribution in [1.29, 1.82) is 0 Å². The average Bonchev–Trinajstić information content (AvgIpc) is 3.49. The summed E-state index contributed by atoms with van der Waals surface area (Å²) in [6, 6.07) is 12.9. The van der Waals surface area contributed by atoms with Crippen LogP contribution >= 0.6 is 0 Å². The summed E-state index contributed by atoms with van der Waals surface area (Å²) in [6.07, 6.45) is 2.37.